The number of hydrogen-bond donors (Lipinski definition) is 1. The number of hydrogen-bond acceptors (Lipinski definition) is 6. The fourth-order valence-electron chi connectivity index (χ4n) is 1.70. The summed E-state index contributed by atoms with van der Waals surface area (Å²) < 4.78 is 1.37. The predicted octanol–water partition coefficient (Wildman–Crippen LogP) is 2.08. The molecule has 9 nitrogen and oxygen atoms in total. The van der Waals surface area contributed by atoms with Crippen LogP contribution in [0.3, 0.4) is 0 Å². The Hall–Kier alpha value is -2.97. The molecule has 0 amide bonds. The van der Waals surface area contributed by atoms with Crippen LogP contribution in [0, 0.1) is 27.2 Å². The normalized spacial score (nSPS) is 10.2. The first-order valence-corrected chi connectivity index (χ1v) is 5.64. The molecule has 0 radical (unpaired) electrons. The SMILES string of the molecule is Cc1ncc([N+](=O)[O-])n1CNc1cccc([N+](=O)[O-])c1. The highest BCUT2D eigenvalue weighted by Crippen LogP contribution is 2.18. The van der Waals surface area contributed by atoms with Crippen LogP contribution in [0.25, 0.3) is 0 Å². The quantitative estimate of drug-likeness (QED) is 0.660. The van der Waals surface area contributed by atoms with Crippen LogP contribution >= 0.6 is 0 Å². The van der Waals surface area contributed by atoms with E-state index in [1.165, 1.54) is 29.0 Å². The van der Waals surface area contributed by atoms with Gasteiger partial charge in [-0.2, -0.15) is 4.57 Å². The fourth-order valence-corrected chi connectivity index (χ4v) is 1.70. The second kappa shape index (κ2) is 5.34. The summed E-state index contributed by atoms with van der Waals surface area (Å²) >= 11 is 0. The number of aromatic nitrogens is 2. The Morgan fingerprint density at radius 3 is 2.70 bits per heavy atom. The van der Waals surface area contributed by atoms with E-state index >= 15 is 0 Å². The van der Waals surface area contributed by atoms with Crippen LogP contribution in [0.5, 0.6) is 0 Å². The first kappa shape index (κ1) is 13.5. The molecule has 0 unspecified atom stereocenters. The minimum absolute atomic E-state index is 0.0492. The van der Waals surface area contributed by atoms with E-state index in [0.29, 0.717) is 11.5 Å². The summed E-state index contributed by atoms with van der Waals surface area (Å²) in [5.41, 5.74) is 0.452. The molecule has 9 heteroatoms. The predicted molar refractivity (Wildman–Crippen MR) is 70.3 cm³/mol. The van der Waals surface area contributed by atoms with Gasteiger partial charge in [-0.05, 0) is 11.0 Å². The van der Waals surface area contributed by atoms with Crippen molar-refractivity contribution in [2.24, 2.45) is 0 Å². The number of nitrogens with one attached hydrogen (secondary N) is 1. The third-order valence-corrected chi connectivity index (χ3v) is 2.72. The van der Waals surface area contributed by atoms with Crippen LogP contribution < -0.4 is 5.32 Å². The lowest BCUT2D eigenvalue weighted by atomic mass is 10.3. The molecule has 2 aromatic rings. The van der Waals surface area contributed by atoms with Crippen molar-refractivity contribution in [3.63, 3.8) is 0 Å². The van der Waals surface area contributed by atoms with Gasteiger partial charge in [0.1, 0.15) is 6.20 Å². The van der Waals surface area contributed by atoms with Crippen molar-refractivity contribution in [3.8, 4) is 0 Å². The highest BCUT2D eigenvalue weighted by molar-refractivity contribution is 5.50. The van der Waals surface area contributed by atoms with E-state index in [4.69, 9.17) is 0 Å². The van der Waals surface area contributed by atoms with Gasteiger partial charge in [-0.3, -0.25) is 10.1 Å². The molecule has 0 saturated heterocycles. The van der Waals surface area contributed by atoms with E-state index in [2.05, 4.69) is 10.3 Å². The van der Waals surface area contributed by atoms with Gasteiger partial charge in [0.25, 0.3) is 5.69 Å². The maximum Gasteiger partial charge on any atom is 0.344 e. The molecular formula is C11H11N5O4. The van der Waals surface area contributed by atoms with Crippen molar-refractivity contribution in [3.05, 3.63) is 56.5 Å². The number of nitrogens with zero attached hydrogens (tertiary/aromatic N) is 4. The van der Waals surface area contributed by atoms with E-state index in [1.54, 1.807) is 13.0 Å². The average molecular weight is 277 g/mol. The topological polar surface area (TPSA) is 116 Å². The molecule has 0 saturated carbocycles. The fraction of sp³-hybridized carbons (Fsp3) is 0.182. The molecule has 1 heterocycles. The maximum atomic E-state index is 10.8. The first-order chi connectivity index (χ1) is 9.49. The summed E-state index contributed by atoms with van der Waals surface area (Å²) in [7, 11) is 0. The van der Waals surface area contributed by atoms with Gasteiger partial charge < -0.3 is 15.4 Å². The number of imidazole rings is 1. The molecule has 0 spiro atoms. The largest absolute Gasteiger partial charge is 0.358 e. The van der Waals surface area contributed by atoms with E-state index in [9.17, 15) is 20.2 Å². The lowest BCUT2D eigenvalue weighted by molar-refractivity contribution is -0.392. The molecule has 1 aromatic carbocycles. The van der Waals surface area contributed by atoms with Crippen molar-refractivity contribution in [2.45, 2.75) is 13.6 Å². The van der Waals surface area contributed by atoms with Gasteiger partial charge in [0.2, 0.25) is 0 Å². The summed E-state index contributed by atoms with van der Waals surface area (Å²) in [5.74, 6) is 0.343. The molecule has 20 heavy (non-hydrogen) atoms. The van der Waals surface area contributed by atoms with Crippen LogP contribution in [0.15, 0.2) is 30.5 Å². The smallest absolute Gasteiger partial charge is 0.344 e. The van der Waals surface area contributed by atoms with Crippen LogP contribution in [-0.4, -0.2) is 19.4 Å². The lowest BCUT2D eigenvalue weighted by Gasteiger charge is -2.06. The third kappa shape index (κ3) is 2.71. The lowest BCUT2D eigenvalue weighted by Crippen LogP contribution is -2.12. The summed E-state index contributed by atoms with van der Waals surface area (Å²) in [6.07, 6.45) is 1.17. The van der Waals surface area contributed by atoms with Crippen LogP contribution in [0.2, 0.25) is 0 Å². The van der Waals surface area contributed by atoms with Gasteiger partial charge >= 0.3 is 5.82 Å². The Kier molecular flexibility index (Phi) is 3.60. The Bertz CT molecular complexity index is 667. The molecule has 0 bridgehead atoms. The van der Waals surface area contributed by atoms with Gasteiger partial charge in [0.05, 0.1) is 4.92 Å². The number of nitro benzene ring substituents is 1. The minimum Gasteiger partial charge on any atom is -0.358 e. The number of non-ortho nitro benzene ring substituents is 1. The van der Waals surface area contributed by atoms with E-state index < -0.39 is 9.85 Å². The number of aryl methyl sites for hydroxylation is 1. The highest BCUT2D eigenvalue weighted by Gasteiger charge is 2.17. The molecule has 0 fully saturated rings. The van der Waals surface area contributed by atoms with Crippen molar-refractivity contribution < 1.29 is 9.85 Å². The van der Waals surface area contributed by atoms with Crippen LogP contribution in [0.4, 0.5) is 17.2 Å². The van der Waals surface area contributed by atoms with Crippen molar-refractivity contribution in [1.82, 2.24) is 9.55 Å². The molecule has 0 atom stereocenters. The molecule has 0 aliphatic rings. The monoisotopic (exact) mass is 277 g/mol. The van der Waals surface area contributed by atoms with Gasteiger partial charge in [0.15, 0.2) is 12.5 Å². The summed E-state index contributed by atoms with van der Waals surface area (Å²) in [4.78, 5) is 24.3. The summed E-state index contributed by atoms with van der Waals surface area (Å²) in [6, 6.07) is 5.91. The van der Waals surface area contributed by atoms with E-state index in [-0.39, 0.29) is 18.2 Å². The highest BCUT2D eigenvalue weighted by atomic mass is 16.6. The van der Waals surface area contributed by atoms with Crippen molar-refractivity contribution >= 4 is 17.2 Å². The summed E-state index contributed by atoms with van der Waals surface area (Å²) in [5, 5.41) is 24.4. The van der Waals surface area contributed by atoms with Crippen LogP contribution in [0.1, 0.15) is 5.82 Å². The Balaban J connectivity index is 2.17. The van der Waals surface area contributed by atoms with Crippen molar-refractivity contribution in [1.29, 1.82) is 0 Å². The zero-order valence-electron chi connectivity index (χ0n) is 10.5. The molecule has 104 valence electrons. The van der Waals surface area contributed by atoms with E-state index in [1.807, 2.05) is 0 Å². The third-order valence-electron chi connectivity index (χ3n) is 2.72. The number of rotatable bonds is 5. The number of benzene rings is 1. The Labute approximate surface area is 113 Å². The molecular weight excluding hydrogens is 266 g/mol. The standard InChI is InChI=1S/C11H11N5O4/c1-8-12-6-11(16(19)20)14(8)7-13-9-3-2-4-10(5-9)15(17)18/h2-6,13H,7H2,1H3. The first-order valence-electron chi connectivity index (χ1n) is 5.64. The number of anilines is 1. The van der Waals surface area contributed by atoms with E-state index in [0.717, 1.165) is 0 Å². The molecule has 0 aliphatic carbocycles. The zero-order chi connectivity index (χ0) is 14.7. The second-order valence-electron chi connectivity index (χ2n) is 3.99. The van der Waals surface area contributed by atoms with Gasteiger partial charge in [-0.15, -0.1) is 0 Å². The second-order valence-corrected chi connectivity index (χ2v) is 3.99. The molecule has 1 N–H and O–H groups in total. The minimum atomic E-state index is -0.533. The van der Waals surface area contributed by atoms with Crippen molar-refractivity contribution in [2.75, 3.05) is 5.32 Å². The van der Waals surface area contributed by atoms with Crippen LogP contribution in [-0.2, 0) is 6.67 Å². The van der Waals surface area contributed by atoms with Gasteiger partial charge in [-0.1, -0.05) is 6.07 Å². The average Bonchev–Trinajstić information content (AvgIpc) is 2.78. The van der Waals surface area contributed by atoms with Gasteiger partial charge in [-0.25, -0.2) is 4.98 Å². The zero-order valence-corrected chi connectivity index (χ0v) is 10.5. The molecule has 2 rings (SSSR count). The summed E-state index contributed by atoms with van der Waals surface area (Å²) in [6.45, 7) is 1.74. The Morgan fingerprint density at radius 2 is 2.05 bits per heavy atom. The molecule has 0 aliphatic heterocycles. The van der Waals surface area contributed by atoms with Gasteiger partial charge in [0, 0.05) is 24.7 Å². The molecule has 1 aromatic heterocycles. The maximum absolute atomic E-state index is 10.8. The number of nitro groups is 2. The Morgan fingerprint density at radius 1 is 1.30 bits per heavy atom.